The summed E-state index contributed by atoms with van der Waals surface area (Å²) in [7, 11) is -14.2. The van der Waals surface area contributed by atoms with Crippen molar-refractivity contribution in [1.82, 2.24) is 20.6 Å². The SMILES string of the molecule is CC(C)(C)SSCCNC(=O)CCNC(=O)[C@@H](O)C(C)(C)COP(=O)([O-])OP(=O)([O-])OC[C@H]1O[C@@H]([n+]2c[nH]c3c(N)ccnc32)C(O)[C@H]1OP(=O)([O-])[O-]. The Bertz CT molecular complexity index is 1730. The van der Waals surface area contributed by atoms with Crippen molar-refractivity contribution in [2.75, 3.05) is 37.8 Å². The van der Waals surface area contributed by atoms with Gasteiger partial charge < -0.3 is 69.0 Å². The second-order valence-corrected chi connectivity index (χ2v) is 20.5. The Morgan fingerprint density at radius 1 is 1.11 bits per heavy atom. The first-order valence-electron chi connectivity index (χ1n) is 15.6. The zero-order valence-corrected chi connectivity index (χ0v) is 33.4. The van der Waals surface area contributed by atoms with E-state index >= 15 is 0 Å². The van der Waals surface area contributed by atoms with Crippen molar-refractivity contribution in [2.24, 2.45) is 5.41 Å². The van der Waals surface area contributed by atoms with Crippen LogP contribution >= 0.6 is 45.1 Å². The van der Waals surface area contributed by atoms with E-state index in [2.05, 4.69) is 59.3 Å². The highest BCUT2D eigenvalue weighted by atomic mass is 33.1. The predicted molar refractivity (Wildman–Crippen MR) is 182 cm³/mol. The lowest BCUT2D eigenvalue weighted by Gasteiger charge is -2.36. The number of phosphoric acid groups is 3. The molecule has 7 N–H and O–H groups in total. The molecule has 1 fully saturated rings. The molecule has 27 heteroatoms. The number of aromatic amines is 1. The van der Waals surface area contributed by atoms with Gasteiger partial charge in [-0.05, 0) is 6.07 Å². The van der Waals surface area contributed by atoms with Crippen molar-refractivity contribution >= 4 is 73.7 Å². The number of nitrogens with zero attached hydrogens (tertiary/aromatic N) is 2. The highest BCUT2D eigenvalue weighted by molar-refractivity contribution is 8.77. The fourth-order valence-electron chi connectivity index (χ4n) is 4.51. The van der Waals surface area contributed by atoms with Crippen LogP contribution in [0.25, 0.3) is 11.2 Å². The van der Waals surface area contributed by atoms with Crippen LogP contribution in [-0.4, -0.2) is 93.2 Å². The van der Waals surface area contributed by atoms with Gasteiger partial charge in [0.25, 0.3) is 15.6 Å². The Balaban J connectivity index is 1.52. The number of aliphatic hydroxyl groups excluding tert-OH is 2. The molecule has 2 aromatic rings. The topological polar surface area (TPSA) is 347 Å². The Morgan fingerprint density at radius 2 is 1.77 bits per heavy atom. The smallest absolute Gasteiger partial charge is 0.305 e. The number of fused-ring (bicyclic) bond motifs is 1. The van der Waals surface area contributed by atoms with Gasteiger partial charge in [-0.3, -0.25) is 23.7 Å². The van der Waals surface area contributed by atoms with Gasteiger partial charge in [0.2, 0.25) is 18.0 Å². The van der Waals surface area contributed by atoms with Crippen LogP contribution in [0.15, 0.2) is 18.6 Å². The average molecular weight is 852 g/mol. The monoisotopic (exact) mass is 851 g/mol. The molecule has 0 radical (unpaired) electrons. The van der Waals surface area contributed by atoms with Crippen LogP contribution in [0.5, 0.6) is 0 Å². The number of amides is 2. The third-order valence-corrected chi connectivity index (χ3v) is 13.4. The molecule has 7 atom stereocenters. The Kier molecular flexibility index (Phi) is 16.0. The molecule has 0 aliphatic carbocycles. The van der Waals surface area contributed by atoms with Gasteiger partial charge in [-0.25, -0.2) is 8.88 Å². The predicted octanol–water partition coefficient (Wildman–Crippen LogP) is -1.92. The number of nitrogens with one attached hydrogen (secondary N) is 3. The van der Waals surface area contributed by atoms with Crippen LogP contribution in [0, 0.1) is 5.41 Å². The molecule has 0 spiro atoms. The van der Waals surface area contributed by atoms with Gasteiger partial charge in [-0.2, -0.15) is 0 Å². The number of phosphoric ester groups is 3. The van der Waals surface area contributed by atoms with Crippen LogP contribution in [-0.2, 0) is 45.9 Å². The fraction of sp³-hybridized carbons (Fsp3) is 0.692. The van der Waals surface area contributed by atoms with Gasteiger partial charge in [0.1, 0.15) is 30.6 Å². The number of ether oxygens (including phenoxy) is 1. The standard InChI is InChI=1S/C26H45N6O16P3S2/c1-25(2,3)53-52-11-10-28-17(33)7-9-30-23(36)21(35)26(4,5)13-45-51(42,43)48-50(40,41)44-12-16-20(47-49(37,38)39)19(34)24(46-16)32-14-31-18-15(27)6-8-29-22(18)32/h6,8,14,16,19-21,24,34-35H,7,9-13H2,1-5H3,(H8,27,28,29,30,33,36,37,38,39,40,41,42,43)/p-3/t16-,19?,20+,21-,24-/m1/s1. The normalized spacial score (nSPS) is 22.6. The molecule has 1 aliphatic rings. The summed E-state index contributed by atoms with van der Waals surface area (Å²) in [6.07, 6.45) is -6.79. The van der Waals surface area contributed by atoms with Crippen molar-refractivity contribution in [3.8, 4) is 0 Å². The highest BCUT2D eigenvalue weighted by Gasteiger charge is 2.49. The lowest BCUT2D eigenvalue weighted by molar-refractivity contribution is -0.745. The first-order chi connectivity index (χ1) is 24.3. The largest absolute Gasteiger partial charge is 0.790 e. The Hall–Kier alpha value is -1.69. The molecule has 3 unspecified atom stereocenters. The van der Waals surface area contributed by atoms with E-state index in [4.69, 9.17) is 10.5 Å². The molecular weight excluding hydrogens is 809 g/mol. The number of aromatic nitrogens is 3. The number of hydrogen-bond donors (Lipinski definition) is 6. The van der Waals surface area contributed by atoms with Gasteiger partial charge in [0.05, 0.1) is 26.7 Å². The summed E-state index contributed by atoms with van der Waals surface area (Å²) >= 11 is 0. The van der Waals surface area contributed by atoms with E-state index in [9.17, 15) is 53.1 Å². The van der Waals surface area contributed by atoms with Crippen LogP contribution < -0.4 is 40.5 Å². The van der Waals surface area contributed by atoms with E-state index in [1.807, 2.05) is 0 Å². The molecule has 1 aliphatic heterocycles. The third-order valence-electron chi connectivity index (χ3n) is 7.04. The van der Waals surface area contributed by atoms with Gasteiger partial charge in [-0.1, -0.05) is 56.2 Å². The summed E-state index contributed by atoms with van der Waals surface area (Å²) < 4.78 is 60.7. The van der Waals surface area contributed by atoms with Crippen molar-refractivity contribution in [2.45, 2.75) is 76.4 Å². The first kappa shape index (κ1) is 45.7. The van der Waals surface area contributed by atoms with Crippen molar-refractivity contribution in [3.05, 3.63) is 18.6 Å². The first-order valence-corrected chi connectivity index (χ1v) is 22.3. The van der Waals surface area contributed by atoms with Gasteiger partial charge in [0, 0.05) is 35.4 Å². The molecule has 302 valence electrons. The quantitative estimate of drug-likeness (QED) is 0.0366. The molecule has 53 heavy (non-hydrogen) atoms. The lowest BCUT2D eigenvalue weighted by atomic mass is 9.87. The van der Waals surface area contributed by atoms with E-state index in [-0.39, 0.29) is 40.5 Å². The molecule has 0 bridgehead atoms. The molecule has 2 amide bonds. The molecular formula is C26H42N6O16P3S2-3. The zero-order valence-electron chi connectivity index (χ0n) is 29.1. The molecule has 2 aromatic heterocycles. The molecule has 0 saturated carbocycles. The number of carbonyl (C=O) groups is 2. The minimum Gasteiger partial charge on any atom is -0.790 e. The number of anilines is 1. The number of nitrogen functional groups attached to an aromatic ring is 1. The molecule has 0 aromatic carbocycles. The van der Waals surface area contributed by atoms with E-state index in [0.717, 1.165) is 4.57 Å². The molecule has 3 rings (SSSR count). The number of H-pyrrole nitrogens is 1. The molecule has 22 nitrogen and oxygen atoms in total. The van der Waals surface area contributed by atoms with Crippen molar-refractivity contribution in [3.63, 3.8) is 0 Å². The van der Waals surface area contributed by atoms with Gasteiger partial charge >= 0.3 is 5.65 Å². The van der Waals surface area contributed by atoms with Crippen LogP contribution in [0.3, 0.4) is 0 Å². The summed E-state index contributed by atoms with van der Waals surface area (Å²) in [6.45, 7) is 6.70. The van der Waals surface area contributed by atoms with Gasteiger partial charge in [-0.15, -0.1) is 4.98 Å². The summed E-state index contributed by atoms with van der Waals surface area (Å²) in [4.78, 5) is 79.1. The number of nitrogens with two attached hydrogens (primary N) is 1. The maximum absolute atomic E-state index is 12.5. The van der Waals surface area contributed by atoms with Crippen LogP contribution in [0.2, 0.25) is 0 Å². The molecule has 3 heterocycles. The lowest BCUT2D eigenvalue weighted by Crippen LogP contribution is -2.46. The number of aliphatic hydroxyl groups is 2. The van der Waals surface area contributed by atoms with E-state index in [0.29, 0.717) is 12.3 Å². The fourth-order valence-corrected chi connectivity index (χ4v) is 9.43. The number of carbonyl (C=O) groups excluding carboxylic acids is 2. The van der Waals surface area contributed by atoms with E-state index in [1.54, 1.807) is 21.6 Å². The number of pyridine rings is 1. The van der Waals surface area contributed by atoms with E-state index < -0.39 is 78.6 Å². The average Bonchev–Trinajstić information content (AvgIpc) is 3.58. The highest BCUT2D eigenvalue weighted by Crippen LogP contribution is 2.56. The minimum atomic E-state index is -5.88. The maximum atomic E-state index is 12.5. The zero-order chi connectivity index (χ0) is 40.0. The number of imidazole rings is 1. The number of hydrogen-bond acceptors (Lipinski definition) is 20. The van der Waals surface area contributed by atoms with Crippen molar-refractivity contribution in [1.29, 1.82) is 0 Å². The molecule has 1 saturated heterocycles. The summed E-state index contributed by atoms with van der Waals surface area (Å²) in [5, 5.41) is 26.4. The maximum Gasteiger partial charge on any atom is 0.305 e. The van der Waals surface area contributed by atoms with Crippen LogP contribution in [0.4, 0.5) is 5.69 Å². The Morgan fingerprint density at radius 3 is 2.42 bits per heavy atom. The van der Waals surface area contributed by atoms with Gasteiger partial charge in [0.15, 0.2) is 11.8 Å². The minimum absolute atomic E-state index is 0.0656. The number of rotatable bonds is 20. The second-order valence-electron chi connectivity index (χ2n) is 13.2. The summed E-state index contributed by atoms with van der Waals surface area (Å²) in [5.41, 5.74) is 4.86. The summed E-state index contributed by atoms with van der Waals surface area (Å²) in [5.74, 6) is -0.649. The van der Waals surface area contributed by atoms with Crippen LogP contribution in [0.1, 0.15) is 47.3 Å². The second kappa shape index (κ2) is 18.5. The third kappa shape index (κ3) is 14.4. The summed E-state index contributed by atoms with van der Waals surface area (Å²) in [6, 6.07) is 1.45. The Labute approximate surface area is 312 Å². The van der Waals surface area contributed by atoms with Crippen molar-refractivity contribution < 1.29 is 80.3 Å². The van der Waals surface area contributed by atoms with E-state index in [1.165, 1.54) is 32.4 Å².